The van der Waals surface area contributed by atoms with Crippen molar-refractivity contribution in [2.75, 3.05) is 14.2 Å². The highest BCUT2D eigenvalue weighted by atomic mass is 32.2. The summed E-state index contributed by atoms with van der Waals surface area (Å²) in [6.45, 7) is 1.52. The first-order valence-electron chi connectivity index (χ1n) is 5.78. The molecule has 21 heavy (non-hydrogen) atoms. The number of ether oxygens (including phenoxy) is 2. The van der Waals surface area contributed by atoms with Crippen LogP contribution in [0.3, 0.4) is 0 Å². The van der Waals surface area contributed by atoms with Crippen LogP contribution in [-0.4, -0.2) is 45.0 Å². The molecule has 0 aromatic heterocycles. The third-order valence-electron chi connectivity index (χ3n) is 2.67. The number of nitrogens with zero attached hydrogens (tertiary/aromatic N) is 1. The number of aromatic hydroxyl groups is 1. The zero-order valence-electron chi connectivity index (χ0n) is 11.6. The van der Waals surface area contributed by atoms with Gasteiger partial charge in [0.15, 0.2) is 12.0 Å². The second-order valence-electron chi connectivity index (χ2n) is 4.16. The Morgan fingerprint density at radius 1 is 1.33 bits per heavy atom. The summed E-state index contributed by atoms with van der Waals surface area (Å²) in [6.07, 6.45) is -0.813. The summed E-state index contributed by atoms with van der Waals surface area (Å²) in [7, 11) is -1.32. The lowest BCUT2D eigenvalue weighted by molar-refractivity contribution is -0.386. The number of phenols is 1. The van der Waals surface area contributed by atoms with E-state index in [-0.39, 0.29) is 4.90 Å². The molecule has 1 unspecified atom stereocenters. The monoisotopic (exact) mass is 320 g/mol. The Morgan fingerprint density at radius 2 is 1.90 bits per heavy atom. The van der Waals surface area contributed by atoms with Crippen LogP contribution in [0, 0.1) is 10.1 Å². The van der Waals surface area contributed by atoms with E-state index in [0.29, 0.717) is 0 Å². The smallest absolute Gasteiger partial charge is 0.312 e. The lowest BCUT2D eigenvalue weighted by Gasteiger charge is -2.21. The molecule has 0 bridgehead atoms. The molecule has 0 aliphatic carbocycles. The van der Waals surface area contributed by atoms with Gasteiger partial charge in [-0.05, 0) is 19.1 Å². The van der Waals surface area contributed by atoms with E-state index < -0.39 is 38.7 Å². The van der Waals surface area contributed by atoms with Crippen molar-refractivity contribution in [2.24, 2.45) is 0 Å². The number of nitro groups is 1. The first-order chi connectivity index (χ1) is 9.72. The number of nitro benzene ring substituents is 1. The van der Waals surface area contributed by atoms with Gasteiger partial charge in [-0.2, -0.15) is 0 Å². The van der Waals surface area contributed by atoms with Crippen LogP contribution in [-0.2, 0) is 19.5 Å². The molecule has 0 saturated carbocycles. The minimum atomic E-state index is -4.02. The molecule has 0 aliphatic heterocycles. The number of sulfonamides is 1. The van der Waals surface area contributed by atoms with Gasteiger partial charge in [-0.15, -0.1) is 0 Å². The topological polar surface area (TPSA) is 128 Å². The molecule has 2 N–H and O–H groups in total. The molecular formula is C11H16N2O7S. The van der Waals surface area contributed by atoms with Crippen LogP contribution in [0.5, 0.6) is 5.75 Å². The fourth-order valence-electron chi connectivity index (χ4n) is 1.69. The second-order valence-corrected chi connectivity index (χ2v) is 5.87. The van der Waals surface area contributed by atoms with Gasteiger partial charge in [-0.1, -0.05) is 0 Å². The van der Waals surface area contributed by atoms with Crippen LogP contribution in [0.25, 0.3) is 0 Å². The van der Waals surface area contributed by atoms with Gasteiger partial charge in [0, 0.05) is 20.3 Å². The van der Waals surface area contributed by atoms with Gasteiger partial charge in [0.25, 0.3) is 0 Å². The second kappa shape index (κ2) is 6.80. The van der Waals surface area contributed by atoms with E-state index in [0.717, 1.165) is 18.2 Å². The first-order valence-corrected chi connectivity index (χ1v) is 7.26. The van der Waals surface area contributed by atoms with Gasteiger partial charge >= 0.3 is 5.69 Å². The van der Waals surface area contributed by atoms with E-state index in [2.05, 4.69) is 4.72 Å². The Bertz CT molecular complexity index is 613. The summed E-state index contributed by atoms with van der Waals surface area (Å²) < 4.78 is 36.4. The molecule has 1 rings (SSSR count). The average Bonchev–Trinajstić information content (AvgIpc) is 2.39. The summed E-state index contributed by atoms with van der Waals surface area (Å²) in [5, 5.41) is 20.0. The molecule has 0 heterocycles. The maximum absolute atomic E-state index is 12.1. The fraction of sp³-hybridized carbons (Fsp3) is 0.455. The quantitative estimate of drug-likeness (QED) is 0.427. The third-order valence-corrected chi connectivity index (χ3v) is 4.22. The Hall–Kier alpha value is -1.75. The van der Waals surface area contributed by atoms with Crippen molar-refractivity contribution < 1.29 is 27.9 Å². The van der Waals surface area contributed by atoms with E-state index in [1.54, 1.807) is 0 Å². The highest BCUT2D eigenvalue weighted by Crippen LogP contribution is 2.28. The van der Waals surface area contributed by atoms with Crippen molar-refractivity contribution >= 4 is 15.7 Å². The number of nitrogens with one attached hydrogen (secondary N) is 1. The maximum Gasteiger partial charge on any atom is 0.312 e. The lowest BCUT2D eigenvalue weighted by Crippen LogP contribution is -2.42. The van der Waals surface area contributed by atoms with Crippen LogP contribution >= 0.6 is 0 Å². The first kappa shape index (κ1) is 17.3. The number of hydrogen-bond donors (Lipinski definition) is 2. The van der Waals surface area contributed by atoms with Gasteiger partial charge < -0.3 is 14.6 Å². The minimum absolute atomic E-state index is 0.343. The Labute approximate surface area is 121 Å². The normalized spacial score (nSPS) is 13.3. The molecule has 0 radical (unpaired) electrons. The van der Waals surface area contributed by atoms with Crippen molar-refractivity contribution in [1.82, 2.24) is 4.72 Å². The highest BCUT2D eigenvalue weighted by molar-refractivity contribution is 7.89. The number of hydrogen-bond acceptors (Lipinski definition) is 7. The van der Waals surface area contributed by atoms with Gasteiger partial charge in [0.1, 0.15) is 0 Å². The Morgan fingerprint density at radius 3 is 2.38 bits per heavy atom. The predicted octanol–water partition coefficient (Wildman–Crippen LogP) is 0.586. The molecule has 0 aliphatic rings. The maximum atomic E-state index is 12.1. The summed E-state index contributed by atoms with van der Waals surface area (Å²) in [4.78, 5) is 9.50. The lowest BCUT2D eigenvalue weighted by atomic mass is 10.3. The molecular weight excluding hydrogens is 304 g/mol. The highest BCUT2D eigenvalue weighted by Gasteiger charge is 2.26. The summed E-state index contributed by atoms with van der Waals surface area (Å²) in [6, 6.07) is 2.06. The third kappa shape index (κ3) is 4.11. The minimum Gasteiger partial charge on any atom is -0.502 e. The van der Waals surface area contributed by atoms with Crippen LogP contribution < -0.4 is 4.72 Å². The zero-order chi connectivity index (χ0) is 16.2. The summed E-state index contributed by atoms with van der Waals surface area (Å²) in [5.74, 6) is -0.612. The standard InChI is InChI=1S/C11H16N2O7S/c1-7(11(19-2)20-3)12-21(17,18)8-4-5-10(14)9(6-8)13(15)16/h4-7,11-12,14H,1-3H3. The zero-order valence-corrected chi connectivity index (χ0v) is 12.5. The van der Waals surface area contributed by atoms with Crippen molar-refractivity contribution in [3.63, 3.8) is 0 Å². The molecule has 1 aromatic carbocycles. The van der Waals surface area contributed by atoms with Gasteiger partial charge in [-0.3, -0.25) is 10.1 Å². The van der Waals surface area contributed by atoms with Crippen molar-refractivity contribution in [1.29, 1.82) is 0 Å². The Kier molecular flexibility index (Phi) is 5.61. The van der Waals surface area contributed by atoms with Crippen molar-refractivity contribution in [3.05, 3.63) is 28.3 Å². The molecule has 1 aromatic rings. The average molecular weight is 320 g/mol. The molecule has 118 valence electrons. The molecule has 0 spiro atoms. The number of methoxy groups -OCH3 is 2. The van der Waals surface area contributed by atoms with Crippen LogP contribution in [0.15, 0.2) is 23.1 Å². The SMILES string of the molecule is COC(OC)C(C)NS(=O)(=O)c1ccc(O)c([N+](=O)[O-])c1. The number of rotatable bonds is 7. The molecule has 1 atom stereocenters. The molecule has 9 nitrogen and oxygen atoms in total. The van der Waals surface area contributed by atoms with Crippen molar-refractivity contribution in [3.8, 4) is 5.75 Å². The summed E-state index contributed by atoms with van der Waals surface area (Å²) in [5.41, 5.74) is -0.694. The largest absolute Gasteiger partial charge is 0.502 e. The van der Waals surface area contributed by atoms with Crippen molar-refractivity contribution in [2.45, 2.75) is 24.2 Å². The molecule has 0 saturated heterocycles. The number of phenolic OH excluding ortho intramolecular Hbond substituents is 1. The number of benzene rings is 1. The Balaban J connectivity index is 3.09. The molecule has 10 heteroatoms. The van der Waals surface area contributed by atoms with Gasteiger partial charge in [-0.25, -0.2) is 13.1 Å². The van der Waals surface area contributed by atoms with E-state index in [1.807, 2.05) is 0 Å². The molecule has 0 amide bonds. The fourth-order valence-corrected chi connectivity index (χ4v) is 2.94. The van der Waals surface area contributed by atoms with Crippen LogP contribution in [0.4, 0.5) is 5.69 Å². The van der Waals surface area contributed by atoms with Gasteiger partial charge in [0.05, 0.1) is 15.9 Å². The predicted molar refractivity (Wildman–Crippen MR) is 72.4 cm³/mol. The van der Waals surface area contributed by atoms with E-state index in [9.17, 15) is 23.6 Å². The van der Waals surface area contributed by atoms with Crippen LogP contribution in [0.2, 0.25) is 0 Å². The van der Waals surface area contributed by atoms with E-state index in [1.165, 1.54) is 21.1 Å². The van der Waals surface area contributed by atoms with E-state index in [4.69, 9.17) is 9.47 Å². The summed E-state index contributed by atoms with van der Waals surface area (Å²) >= 11 is 0. The van der Waals surface area contributed by atoms with Gasteiger partial charge in [0.2, 0.25) is 10.0 Å². The molecule has 0 fully saturated rings. The van der Waals surface area contributed by atoms with E-state index >= 15 is 0 Å². The van der Waals surface area contributed by atoms with Crippen LogP contribution in [0.1, 0.15) is 6.92 Å².